The molecule has 1 heterocycles. The van der Waals surface area contributed by atoms with Crippen LogP contribution in [0.25, 0.3) is 0 Å². The number of halogens is 1. The van der Waals surface area contributed by atoms with Crippen LogP contribution in [0.3, 0.4) is 0 Å². The highest BCUT2D eigenvalue weighted by molar-refractivity contribution is 5.80. The Morgan fingerprint density at radius 2 is 2.24 bits per heavy atom. The lowest BCUT2D eigenvalue weighted by Gasteiger charge is -2.44. The fourth-order valence-corrected chi connectivity index (χ4v) is 3.89. The number of hydrogen-bond donors (Lipinski definition) is 4. The van der Waals surface area contributed by atoms with E-state index in [1.54, 1.807) is 0 Å². The minimum atomic E-state index is -1.25. The van der Waals surface area contributed by atoms with Gasteiger partial charge in [0.2, 0.25) is 0 Å². The highest BCUT2D eigenvalue weighted by atomic mass is 19.1. The zero-order valence-electron chi connectivity index (χ0n) is 15.3. The van der Waals surface area contributed by atoms with Crippen LogP contribution in [0, 0.1) is 17.8 Å². The molecule has 2 aliphatic rings. The molecular formula is C17H32FN5O2. The van der Waals surface area contributed by atoms with Crippen molar-refractivity contribution in [2.24, 2.45) is 34.4 Å². The van der Waals surface area contributed by atoms with Crippen molar-refractivity contribution < 1.29 is 13.9 Å². The molecular weight excluding hydrogens is 325 g/mol. The van der Waals surface area contributed by atoms with Crippen molar-refractivity contribution in [3.63, 3.8) is 0 Å². The van der Waals surface area contributed by atoms with E-state index in [4.69, 9.17) is 16.3 Å². The molecule has 7 nitrogen and oxygen atoms in total. The number of hydrogen-bond acceptors (Lipinski definition) is 6. The van der Waals surface area contributed by atoms with Crippen LogP contribution in [0.2, 0.25) is 0 Å². The number of ether oxygens (including phenoxy) is 1. The van der Waals surface area contributed by atoms with E-state index in [2.05, 4.69) is 16.0 Å². The Kier molecular flexibility index (Phi) is 7.01. The third kappa shape index (κ3) is 5.81. The van der Waals surface area contributed by atoms with E-state index in [9.17, 15) is 4.79 Å². The highest BCUT2D eigenvalue weighted by Crippen LogP contribution is 2.44. The molecule has 1 aliphatic carbocycles. The number of amidine groups is 1. The summed E-state index contributed by atoms with van der Waals surface area (Å²) >= 11 is 0. The number of alkyl halides is 1. The normalized spacial score (nSPS) is 33.0. The van der Waals surface area contributed by atoms with E-state index in [1.807, 2.05) is 13.8 Å². The summed E-state index contributed by atoms with van der Waals surface area (Å²) in [5, 5.41) is 6.95. The van der Waals surface area contributed by atoms with Gasteiger partial charge in [-0.05, 0) is 56.4 Å². The SMILES string of the molecule is CC(C)COC(=O)C1CC2C[C@@](F)(CC/C(N)=N/NN)CCC2CN1. The van der Waals surface area contributed by atoms with Crippen molar-refractivity contribution in [2.75, 3.05) is 13.2 Å². The van der Waals surface area contributed by atoms with E-state index < -0.39 is 5.67 Å². The third-order valence-electron chi connectivity index (χ3n) is 5.30. The molecule has 0 amide bonds. The molecule has 1 saturated carbocycles. The van der Waals surface area contributed by atoms with Crippen LogP contribution in [-0.4, -0.2) is 36.7 Å². The molecule has 0 spiro atoms. The second-order valence-corrected chi connectivity index (χ2v) is 7.87. The van der Waals surface area contributed by atoms with Gasteiger partial charge in [-0.2, -0.15) is 5.10 Å². The molecule has 0 radical (unpaired) electrons. The molecule has 144 valence electrons. The van der Waals surface area contributed by atoms with Crippen molar-refractivity contribution in [3.8, 4) is 0 Å². The summed E-state index contributed by atoms with van der Waals surface area (Å²) in [6.45, 7) is 5.19. The predicted octanol–water partition coefficient (Wildman–Crippen LogP) is 1.19. The van der Waals surface area contributed by atoms with Gasteiger partial charge in [-0.1, -0.05) is 13.8 Å². The Balaban J connectivity index is 1.88. The van der Waals surface area contributed by atoms with Gasteiger partial charge in [-0.3, -0.25) is 4.79 Å². The van der Waals surface area contributed by atoms with Gasteiger partial charge in [0.1, 0.15) is 17.5 Å². The predicted molar refractivity (Wildman–Crippen MR) is 95.1 cm³/mol. The monoisotopic (exact) mass is 357 g/mol. The molecule has 4 atom stereocenters. The summed E-state index contributed by atoms with van der Waals surface area (Å²) in [5.41, 5.74) is 6.56. The van der Waals surface area contributed by atoms with E-state index in [0.29, 0.717) is 56.4 Å². The Morgan fingerprint density at radius 1 is 1.48 bits per heavy atom. The molecule has 8 heteroatoms. The highest BCUT2D eigenvalue weighted by Gasteiger charge is 2.44. The molecule has 0 aromatic carbocycles. The molecule has 0 aromatic rings. The second-order valence-electron chi connectivity index (χ2n) is 7.87. The van der Waals surface area contributed by atoms with Gasteiger partial charge in [0.05, 0.1) is 6.61 Å². The van der Waals surface area contributed by atoms with Crippen LogP contribution in [0.1, 0.15) is 52.4 Å². The smallest absolute Gasteiger partial charge is 0.323 e. The van der Waals surface area contributed by atoms with E-state index in [1.165, 1.54) is 0 Å². The summed E-state index contributed by atoms with van der Waals surface area (Å²) < 4.78 is 20.6. The fourth-order valence-electron chi connectivity index (χ4n) is 3.89. The number of nitrogens with zero attached hydrogens (tertiary/aromatic N) is 1. The molecule has 25 heavy (non-hydrogen) atoms. The lowest BCUT2D eigenvalue weighted by molar-refractivity contribution is -0.149. The third-order valence-corrected chi connectivity index (χ3v) is 5.30. The number of carbonyl (C=O) groups is 1. The number of rotatable bonds is 7. The lowest BCUT2D eigenvalue weighted by Crippen LogP contribution is -2.52. The number of piperidine rings is 1. The average Bonchev–Trinajstić information content (AvgIpc) is 2.57. The lowest BCUT2D eigenvalue weighted by atomic mass is 9.67. The van der Waals surface area contributed by atoms with Crippen LogP contribution < -0.4 is 22.4 Å². The van der Waals surface area contributed by atoms with Gasteiger partial charge < -0.3 is 15.8 Å². The minimum absolute atomic E-state index is 0.197. The molecule has 2 fully saturated rings. The van der Waals surface area contributed by atoms with Crippen LogP contribution in [0.15, 0.2) is 5.10 Å². The number of esters is 1. The number of carbonyl (C=O) groups excluding carboxylic acids is 1. The largest absolute Gasteiger partial charge is 0.464 e. The number of hydrazine groups is 1. The first-order valence-corrected chi connectivity index (χ1v) is 9.19. The van der Waals surface area contributed by atoms with Gasteiger partial charge >= 0.3 is 5.97 Å². The van der Waals surface area contributed by atoms with Gasteiger partial charge in [-0.25, -0.2) is 15.8 Å². The zero-order valence-corrected chi connectivity index (χ0v) is 15.3. The maximum Gasteiger partial charge on any atom is 0.323 e. The summed E-state index contributed by atoms with van der Waals surface area (Å²) in [6, 6.07) is -0.324. The Bertz CT molecular complexity index is 488. The van der Waals surface area contributed by atoms with Gasteiger partial charge in [0.25, 0.3) is 0 Å². The Morgan fingerprint density at radius 3 is 2.92 bits per heavy atom. The van der Waals surface area contributed by atoms with Gasteiger partial charge in [0.15, 0.2) is 0 Å². The number of nitrogens with one attached hydrogen (secondary N) is 2. The minimum Gasteiger partial charge on any atom is -0.464 e. The van der Waals surface area contributed by atoms with E-state index >= 15 is 4.39 Å². The van der Waals surface area contributed by atoms with E-state index in [0.717, 1.165) is 13.0 Å². The summed E-state index contributed by atoms with van der Waals surface area (Å²) in [6.07, 6.45) is 3.17. The van der Waals surface area contributed by atoms with Crippen LogP contribution in [0.5, 0.6) is 0 Å². The first kappa shape index (κ1) is 19.9. The van der Waals surface area contributed by atoms with Crippen LogP contribution in [0.4, 0.5) is 4.39 Å². The number of hydrazone groups is 1. The van der Waals surface area contributed by atoms with Crippen molar-refractivity contribution in [2.45, 2.75) is 64.1 Å². The molecule has 0 bridgehead atoms. The van der Waals surface area contributed by atoms with Crippen LogP contribution >= 0.6 is 0 Å². The summed E-state index contributed by atoms with van der Waals surface area (Å²) in [7, 11) is 0. The quantitative estimate of drug-likeness (QED) is 0.179. The molecule has 3 unspecified atom stereocenters. The summed E-state index contributed by atoms with van der Waals surface area (Å²) in [5.74, 6) is 6.11. The number of fused-ring (bicyclic) bond motifs is 1. The second kappa shape index (κ2) is 8.80. The van der Waals surface area contributed by atoms with Crippen LogP contribution in [-0.2, 0) is 9.53 Å². The molecule has 6 N–H and O–H groups in total. The fraction of sp³-hybridized carbons (Fsp3) is 0.882. The van der Waals surface area contributed by atoms with Gasteiger partial charge in [0, 0.05) is 6.42 Å². The van der Waals surface area contributed by atoms with E-state index in [-0.39, 0.29) is 17.9 Å². The maximum absolute atomic E-state index is 15.2. The molecule has 0 aromatic heterocycles. The van der Waals surface area contributed by atoms with Crippen molar-refractivity contribution in [1.82, 2.24) is 10.9 Å². The topological polar surface area (TPSA) is 115 Å². The Hall–Kier alpha value is -1.41. The first-order chi connectivity index (χ1) is 11.8. The Labute approximate surface area is 149 Å². The van der Waals surface area contributed by atoms with Crippen molar-refractivity contribution >= 4 is 11.8 Å². The van der Waals surface area contributed by atoms with Crippen molar-refractivity contribution in [1.29, 1.82) is 0 Å². The van der Waals surface area contributed by atoms with Crippen molar-refractivity contribution in [3.05, 3.63) is 0 Å². The standard InChI is InChI=1S/C17H32FN5O2/c1-11(2)10-25-16(24)14-7-13-8-17(18,5-3-12(13)9-21-14)6-4-15(19)22-23-20/h11-14,21,23H,3-10,20H2,1-2H3,(H2,19,22)/t12?,13?,14?,17-/m0/s1. The first-order valence-electron chi connectivity index (χ1n) is 9.19. The molecule has 1 aliphatic heterocycles. The number of nitrogens with two attached hydrogens (primary N) is 2. The van der Waals surface area contributed by atoms with Gasteiger partial charge in [-0.15, -0.1) is 0 Å². The molecule has 2 rings (SSSR count). The maximum atomic E-state index is 15.2. The average molecular weight is 357 g/mol. The molecule has 1 saturated heterocycles. The summed E-state index contributed by atoms with van der Waals surface area (Å²) in [4.78, 5) is 12.2. The zero-order chi connectivity index (χ0) is 18.4.